The van der Waals surface area contributed by atoms with Crippen molar-refractivity contribution in [3.63, 3.8) is 0 Å². The molecule has 5 rings (SSSR count). The Morgan fingerprint density at radius 1 is 1.04 bits per heavy atom. The molecule has 1 aromatic heterocycles. The number of hydroxylamine groups is 1. The number of carbonyl (C=O) groups is 1. The Hall–Kier alpha value is -2.73. The van der Waals surface area contributed by atoms with Crippen LogP contribution in [0.4, 0.5) is 8.78 Å². The summed E-state index contributed by atoms with van der Waals surface area (Å²) in [6, 6.07) is 7.82. The summed E-state index contributed by atoms with van der Waals surface area (Å²) in [4.78, 5) is 20.5. The zero-order chi connectivity index (χ0) is 18.5. The van der Waals surface area contributed by atoms with E-state index in [4.69, 9.17) is 4.84 Å². The number of rotatable bonds is 2. The van der Waals surface area contributed by atoms with Crippen LogP contribution >= 0.6 is 0 Å². The molecule has 1 saturated carbocycles. The van der Waals surface area contributed by atoms with Crippen molar-refractivity contribution < 1.29 is 18.4 Å². The fourth-order valence-corrected chi connectivity index (χ4v) is 4.39. The first-order chi connectivity index (χ1) is 13.1. The van der Waals surface area contributed by atoms with Crippen LogP contribution in [-0.2, 0) is 11.4 Å². The van der Waals surface area contributed by atoms with E-state index in [1.807, 2.05) is 6.07 Å². The van der Waals surface area contributed by atoms with Crippen molar-refractivity contribution in [3.8, 4) is 11.3 Å². The molecule has 1 aliphatic heterocycles. The Morgan fingerprint density at radius 2 is 1.85 bits per heavy atom. The zero-order valence-electron chi connectivity index (χ0n) is 14.6. The van der Waals surface area contributed by atoms with Gasteiger partial charge >= 0.3 is 0 Å². The predicted molar refractivity (Wildman–Crippen MR) is 97.1 cm³/mol. The van der Waals surface area contributed by atoms with Crippen LogP contribution in [0.15, 0.2) is 30.3 Å². The number of aromatic amines is 1. The molecule has 138 valence electrons. The van der Waals surface area contributed by atoms with Crippen molar-refractivity contribution in [2.75, 3.05) is 0 Å². The average molecular weight is 368 g/mol. The Balaban J connectivity index is 1.68. The van der Waals surface area contributed by atoms with Crippen LogP contribution in [0.1, 0.15) is 53.1 Å². The molecule has 1 amide bonds. The second kappa shape index (κ2) is 6.16. The van der Waals surface area contributed by atoms with Gasteiger partial charge in [-0.15, -0.1) is 0 Å². The molecule has 6 heteroatoms. The molecular weight excluding hydrogens is 350 g/mol. The highest BCUT2D eigenvalue weighted by Crippen LogP contribution is 2.39. The van der Waals surface area contributed by atoms with Crippen molar-refractivity contribution in [1.29, 1.82) is 0 Å². The number of halogens is 2. The third kappa shape index (κ3) is 2.63. The van der Waals surface area contributed by atoms with Crippen molar-refractivity contribution in [3.05, 3.63) is 58.7 Å². The molecule has 0 atom stereocenters. The van der Waals surface area contributed by atoms with Gasteiger partial charge in [0.2, 0.25) is 0 Å². The highest BCUT2D eigenvalue weighted by atomic mass is 19.1. The molecule has 1 aliphatic carbocycles. The molecular formula is C21H18F2N2O2. The SMILES string of the molecule is O=C1NOCc2c(-c3ccc(C4CCCC4)cc3F)[nH]c3cc(F)cc1c23. The monoisotopic (exact) mass is 368 g/mol. The van der Waals surface area contributed by atoms with Gasteiger partial charge in [0.15, 0.2) is 0 Å². The molecule has 0 spiro atoms. The van der Waals surface area contributed by atoms with Crippen LogP contribution in [0.3, 0.4) is 0 Å². The van der Waals surface area contributed by atoms with Crippen LogP contribution in [0.25, 0.3) is 22.2 Å². The summed E-state index contributed by atoms with van der Waals surface area (Å²) >= 11 is 0. The van der Waals surface area contributed by atoms with Gasteiger partial charge in [-0.25, -0.2) is 14.3 Å². The third-order valence-electron chi connectivity index (χ3n) is 5.68. The van der Waals surface area contributed by atoms with Gasteiger partial charge in [-0.05, 0) is 48.6 Å². The minimum atomic E-state index is -0.536. The highest BCUT2D eigenvalue weighted by molar-refractivity contribution is 6.09. The molecule has 2 N–H and O–H groups in total. The van der Waals surface area contributed by atoms with Gasteiger partial charge < -0.3 is 4.98 Å². The van der Waals surface area contributed by atoms with Crippen molar-refractivity contribution in [2.24, 2.45) is 0 Å². The van der Waals surface area contributed by atoms with Gasteiger partial charge in [-0.1, -0.05) is 18.9 Å². The first-order valence-corrected chi connectivity index (χ1v) is 9.18. The molecule has 3 aromatic rings. The summed E-state index contributed by atoms with van der Waals surface area (Å²) in [5.74, 6) is -0.955. The number of aromatic nitrogens is 1. The summed E-state index contributed by atoms with van der Waals surface area (Å²) in [5.41, 5.74) is 5.51. The first kappa shape index (κ1) is 16.4. The molecule has 0 saturated heterocycles. The van der Waals surface area contributed by atoms with Gasteiger partial charge in [0.1, 0.15) is 18.2 Å². The fraction of sp³-hybridized carbons (Fsp3) is 0.286. The van der Waals surface area contributed by atoms with Crippen LogP contribution in [0, 0.1) is 11.6 Å². The first-order valence-electron chi connectivity index (χ1n) is 9.18. The van der Waals surface area contributed by atoms with Crippen LogP contribution in [0.5, 0.6) is 0 Å². The molecule has 1 fully saturated rings. The van der Waals surface area contributed by atoms with Gasteiger partial charge in [-0.2, -0.15) is 0 Å². The topological polar surface area (TPSA) is 54.1 Å². The standard InChI is InChI=1S/C21H18F2N2O2/c22-13-8-15-19-16(10-27-25-21(15)26)20(24-18(19)9-13)14-6-5-12(7-17(14)23)11-3-1-2-4-11/h5-9,11,24H,1-4,10H2,(H,25,26). The van der Waals surface area contributed by atoms with Crippen molar-refractivity contribution >= 4 is 16.8 Å². The van der Waals surface area contributed by atoms with Crippen LogP contribution in [-0.4, -0.2) is 10.9 Å². The molecule has 27 heavy (non-hydrogen) atoms. The smallest absolute Gasteiger partial charge is 0.275 e. The Morgan fingerprint density at radius 3 is 2.63 bits per heavy atom. The number of hydrogen-bond acceptors (Lipinski definition) is 2. The van der Waals surface area contributed by atoms with Gasteiger partial charge in [0.25, 0.3) is 5.91 Å². The van der Waals surface area contributed by atoms with Gasteiger partial charge in [-0.3, -0.25) is 9.63 Å². The quantitative estimate of drug-likeness (QED) is 0.673. The van der Waals surface area contributed by atoms with E-state index in [9.17, 15) is 13.6 Å². The fourth-order valence-electron chi connectivity index (χ4n) is 4.39. The largest absolute Gasteiger partial charge is 0.354 e. The van der Waals surface area contributed by atoms with Crippen molar-refractivity contribution in [2.45, 2.75) is 38.2 Å². The van der Waals surface area contributed by atoms with E-state index >= 15 is 0 Å². The Bertz CT molecular complexity index is 1070. The van der Waals surface area contributed by atoms with Gasteiger partial charge in [0, 0.05) is 22.0 Å². The van der Waals surface area contributed by atoms with E-state index in [1.54, 1.807) is 12.1 Å². The number of amides is 1. The summed E-state index contributed by atoms with van der Waals surface area (Å²) in [6.45, 7) is 0.0729. The lowest BCUT2D eigenvalue weighted by Gasteiger charge is -2.12. The zero-order valence-corrected chi connectivity index (χ0v) is 14.6. The highest BCUT2D eigenvalue weighted by Gasteiger charge is 2.26. The summed E-state index contributed by atoms with van der Waals surface area (Å²) in [5, 5.41) is 0.570. The van der Waals surface area contributed by atoms with Crippen LogP contribution < -0.4 is 5.48 Å². The summed E-state index contributed by atoms with van der Waals surface area (Å²) in [7, 11) is 0. The minimum absolute atomic E-state index is 0.0729. The molecule has 2 heterocycles. The molecule has 0 bridgehead atoms. The lowest BCUT2D eigenvalue weighted by molar-refractivity contribution is 0.0255. The van der Waals surface area contributed by atoms with E-state index in [0.717, 1.165) is 18.4 Å². The summed E-state index contributed by atoms with van der Waals surface area (Å²) < 4.78 is 28.9. The van der Waals surface area contributed by atoms with Crippen LogP contribution in [0.2, 0.25) is 0 Å². The minimum Gasteiger partial charge on any atom is -0.354 e. The maximum atomic E-state index is 15.0. The van der Waals surface area contributed by atoms with E-state index < -0.39 is 11.7 Å². The van der Waals surface area contributed by atoms with E-state index in [2.05, 4.69) is 10.5 Å². The van der Waals surface area contributed by atoms with E-state index in [-0.39, 0.29) is 18.0 Å². The normalized spacial score (nSPS) is 17.3. The second-order valence-electron chi connectivity index (χ2n) is 7.29. The van der Waals surface area contributed by atoms with E-state index in [0.29, 0.717) is 33.6 Å². The van der Waals surface area contributed by atoms with Gasteiger partial charge in [0.05, 0.1) is 11.3 Å². The second-order valence-corrected chi connectivity index (χ2v) is 7.29. The molecule has 2 aliphatic rings. The molecule has 4 nitrogen and oxygen atoms in total. The molecule has 0 unspecified atom stereocenters. The maximum absolute atomic E-state index is 15.0. The number of H-pyrrole nitrogens is 1. The predicted octanol–water partition coefficient (Wildman–Crippen LogP) is 4.95. The molecule has 0 radical (unpaired) electrons. The molecule has 2 aromatic carbocycles. The Labute approximate surface area is 154 Å². The average Bonchev–Trinajstić information content (AvgIpc) is 3.25. The number of carbonyl (C=O) groups excluding carboxylic acids is 1. The Kier molecular flexibility index (Phi) is 3.75. The number of hydrogen-bond donors (Lipinski definition) is 2. The summed E-state index contributed by atoms with van der Waals surface area (Å²) in [6.07, 6.45) is 4.57. The van der Waals surface area contributed by atoms with E-state index in [1.165, 1.54) is 25.0 Å². The lowest BCUT2D eigenvalue weighted by atomic mass is 9.95. The number of nitrogens with one attached hydrogen (secondary N) is 2. The third-order valence-corrected chi connectivity index (χ3v) is 5.68. The lowest BCUT2D eigenvalue weighted by Crippen LogP contribution is -2.21. The maximum Gasteiger partial charge on any atom is 0.275 e. The van der Waals surface area contributed by atoms with Crippen molar-refractivity contribution in [1.82, 2.24) is 10.5 Å². The number of benzene rings is 2.